The number of hydrogen-bond donors (Lipinski definition) is 1. The first-order chi connectivity index (χ1) is 19.8. The van der Waals surface area contributed by atoms with Crippen molar-refractivity contribution >= 4 is 0 Å². The van der Waals surface area contributed by atoms with Gasteiger partial charge in [-0.15, -0.1) is 0 Å². The molecule has 0 atom stereocenters. The van der Waals surface area contributed by atoms with Gasteiger partial charge in [-0.05, 0) is 25.9 Å². The Morgan fingerprint density at radius 1 is 0.375 bits per heavy atom. The fourth-order valence-corrected chi connectivity index (χ4v) is 5.63. The molecule has 3 nitrogen and oxygen atoms in total. The predicted octanol–water partition coefficient (Wildman–Crippen LogP) is 12.3. The smallest absolute Gasteiger partial charge is 0.158 e. The van der Waals surface area contributed by atoms with Crippen LogP contribution in [0.4, 0.5) is 0 Å². The van der Waals surface area contributed by atoms with Crippen molar-refractivity contribution in [2.75, 3.05) is 26.3 Å². The second-order valence-electron chi connectivity index (χ2n) is 12.5. The molecule has 0 aromatic carbocycles. The van der Waals surface area contributed by atoms with Crippen LogP contribution in [0.25, 0.3) is 0 Å². The third-order valence-corrected chi connectivity index (χ3v) is 8.41. The van der Waals surface area contributed by atoms with E-state index in [2.05, 4.69) is 26.1 Å². The van der Waals surface area contributed by atoms with E-state index in [-0.39, 0.29) is 6.29 Å². The maximum Gasteiger partial charge on any atom is 0.158 e. The van der Waals surface area contributed by atoms with E-state index in [1.807, 2.05) is 0 Å². The van der Waals surface area contributed by atoms with E-state index in [4.69, 9.17) is 9.47 Å². The van der Waals surface area contributed by atoms with Crippen molar-refractivity contribution in [3.63, 3.8) is 0 Å². The highest BCUT2D eigenvalue weighted by Crippen LogP contribution is 2.15. The molecule has 0 rings (SSSR count). The first-order valence-corrected chi connectivity index (χ1v) is 18.8. The van der Waals surface area contributed by atoms with Gasteiger partial charge in [0.25, 0.3) is 0 Å². The maximum absolute atomic E-state index is 6.15. The van der Waals surface area contributed by atoms with Gasteiger partial charge >= 0.3 is 0 Å². The lowest BCUT2D eigenvalue weighted by Gasteiger charge is -2.19. The number of ether oxygens (including phenoxy) is 2. The average Bonchev–Trinajstić information content (AvgIpc) is 2.96. The molecule has 0 radical (unpaired) electrons. The van der Waals surface area contributed by atoms with Crippen LogP contribution in [0.3, 0.4) is 0 Å². The molecule has 0 aromatic heterocycles. The second kappa shape index (κ2) is 36.9. The molecule has 0 bridgehead atoms. The number of rotatable bonds is 36. The van der Waals surface area contributed by atoms with E-state index in [1.54, 1.807) is 0 Å². The van der Waals surface area contributed by atoms with Crippen molar-refractivity contribution in [3.05, 3.63) is 0 Å². The van der Waals surface area contributed by atoms with Crippen LogP contribution in [0, 0.1) is 0 Å². The zero-order valence-corrected chi connectivity index (χ0v) is 28.2. The van der Waals surface area contributed by atoms with Crippen molar-refractivity contribution in [2.24, 2.45) is 0 Å². The van der Waals surface area contributed by atoms with Crippen molar-refractivity contribution in [1.29, 1.82) is 0 Å². The Morgan fingerprint density at radius 3 is 0.925 bits per heavy atom. The highest BCUT2D eigenvalue weighted by Gasteiger charge is 2.09. The van der Waals surface area contributed by atoms with Crippen molar-refractivity contribution in [2.45, 2.75) is 213 Å². The fraction of sp³-hybridized carbons (Fsp3) is 1.00. The summed E-state index contributed by atoms with van der Waals surface area (Å²) < 4.78 is 12.3. The summed E-state index contributed by atoms with van der Waals surface area (Å²) in [7, 11) is 0. The van der Waals surface area contributed by atoms with Crippen molar-refractivity contribution < 1.29 is 9.47 Å². The first-order valence-electron chi connectivity index (χ1n) is 18.8. The van der Waals surface area contributed by atoms with Crippen LogP contribution in [-0.4, -0.2) is 32.6 Å². The van der Waals surface area contributed by atoms with Crippen LogP contribution in [-0.2, 0) is 9.47 Å². The molecule has 0 fully saturated rings. The van der Waals surface area contributed by atoms with Crippen LogP contribution in [0.2, 0.25) is 0 Å². The Labute approximate surface area is 254 Å². The van der Waals surface area contributed by atoms with Gasteiger partial charge in [0.2, 0.25) is 0 Å². The molecule has 0 aliphatic heterocycles. The predicted molar refractivity (Wildman–Crippen MR) is 179 cm³/mol. The molecule has 40 heavy (non-hydrogen) atoms. The monoisotopic (exact) mass is 568 g/mol. The number of unbranched alkanes of at least 4 members (excludes halogenated alkanes) is 26. The molecule has 0 saturated heterocycles. The van der Waals surface area contributed by atoms with Gasteiger partial charge in [-0.25, -0.2) is 0 Å². The Kier molecular flexibility index (Phi) is 36.8. The molecule has 3 heteroatoms. The van der Waals surface area contributed by atoms with Crippen LogP contribution >= 0.6 is 0 Å². The molecule has 0 saturated carbocycles. The Balaban J connectivity index is 3.54. The van der Waals surface area contributed by atoms with E-state index in [0.717, 1.165) is 32.7 Å². The van der Waals surface area contributed by atoms with E-state index >= 15 is 0 Å². The maximum atomic E-state index is 6.15. The Hall–Kier alpha value is -0.120. The second-order valence-corrected chi connectivity index (χ2v) is 12.5. The van der Waals surface area contributed by atoms with Gasteiger partial charge in [0.05, 0.1) is 0 Å². The van der Waals surface area contributed by atoms with Gasteiger partial charge in [-0.1, -0.05) is 188 Å². The zero-order valence-electron chi connectivity index (χ0n) is 28.2. The van der Waals surface area contributed by atoms with Gasteiger partial charge in [-0.3, -0.25) is 0 Å². The van der Waals surface area contributed by atoms with Crippen LogP contribution in [0.1, 0.15) is 207 Å². The summed E-state index contributed by atoms with van der Waals surface area (Å²) in [4.78, 5) is 0. The third-order valence-electron chi connectivity index (χ3n) is 8.41. The third kappa shape index (κ3) is 34.1. The van der Waals surface area contributed by atoms with Gasteiger partial charge in [0, 0.05) is 19.6 Å². The van der Waals surface area contributed by atoms with E-state index in [0.29, 0.717) is 0 Å². The summed E-state index contributed by atoms with van der Waals surface area (Å²) in [6, 6.07) is 0. The Bertz CT molecular complexity index is 396. The highest BCUT2D eigenvalue weighted by atomic mass is 16.7. The molecule has 0 aliphatic carbocycles. The van der Waals surface area contributed by atoms with Gasteiger partial charge < -0.3 is 14.8 Å². The summed E-state index contributed by atoms with van der Waals surface area (Å²) >= 11 is 0. The summed E-state index contributed by atoms with van der Waals surface area (Å²) in [5, 5.41) is 3.43. The fourth-order valence-electron chi connectivity index (χ4n) is 5.63. The molecule has 1 N–H and O–H groups in total. The summed E-state index contributed by atoms with van der Waals surface area (Å²) in [6.07, 6.45) is 40.1. The molecule has 0 spiro atoms. The highest BCUT2D eigenvalue weighted by molar-refractivity contribution is 4.54. The van der Waals surface area contributed by atoms with Crippen LogP contribution in [0.5, 0.6) is 0 Å². The first kappa shape index (κ1) is 39.9. The lowest BCUT2D eigenvalue weighted by Crippen LogP contribution is -2.25. The molecule has 0 aliphatic rings. The topological polar surface area (TPSA) is 30.5 Å². The SMILES string of the molecule is CCCCCCCCCCCCCCCCOC(CCNCC)OCCCCCCCCCCCCCCCC. The zero-order chi connectivity index (χ0) is 29.0. The van der Waals surface area contributed by atoms with Gasteiger partial charge in [-0.2, -0.15) is 0 Å². The molecular formula is C37H77NO2. The normalized spacial score (nSPS) is 11.7. The largest absolute Gasteiger partial charge is 0.353 e. The minimum absolute atomic E-state index is 0.0250. The molecule has 0 heterocycles. The van der Waals surface area contributed by atoms with E-state index in [1.165, 1.54) is 180 Å². The summed E-state index contributed by atoms with van der Waals surface area (Å²) in [5.74, 6) is 0. The summed E-state index contributed by atoms with van der Waals surface area (Å²) in [6.45, 7) is 10.5. The molecule has 0 unspecified atom stereocenters. The van der Waals surface area contributed by atoms with Gasteiger partial charge in [0.15, 0.2) is 6.29 Å². The lowest BCUT2D eigenvalue weighted by atomic mass is 10.0. The Morgan fingerprint density at radius 2 is 0.650 bits per heavy atom. The minimum Gasteiger partial charge on any atom is -0.353 e. The minimum atomic E-state index is -0.0250. The number of hydrogen-bond acceptors (Lipinski definition) is 3. The van der Waals surface area contributed by atoms with Crippen LogP contribution < -0.4 is 5.32 Å². The molecule has 242 valence electrons. The van der Waals surface area contributed by atoms with E-state index < -0.39 is 0 Å². The molecule has 0 amide bonds. The van der Waals surface area contributed by atoms with Gasteiger partial charge in [0.1, 0.15) is 0 Å². The molecular weight excluding hydrogens is 490 g/mol. The van der Waals surface area contributed by atoms with Crippen molar-refractivity contribution in [3.8, 4) is 0 Å². The summed E-state index contributed by atoms with van der Waals surface area (Å²) in [5.41, 5.74) is 0. The lowest BCUT2D eigenvalue weighted by molar-refractivity contribution is -0.146. The quantitative estimate of drug-likeness (QED) is 0.0603. The molecule has 0 aromatic rings. The average molecular weight is 568 g/mol. The van der Waals surface area contributed by atoms with Crippen molar-refractivity contribution in [1.82, 2.24) is 5.32 Å². The standard InChI is InChI=1S/C37H77NO2/c1-4-7-9-11-13-15-17-19-21-23-25-27-29-31-35-39-37(33-34-38-6-3)40-36-32-30-28-26-24-22-20-18-16-14-12-10-8-5-2/h37-38H,4-36H2,1-3H3. The number of nitrogens with one attached hydrogen (secondary N) is 1. The van der Waals surface area contributed by atoms with Crippen LogP contribution in [0.15, 0.2) is 0 Å². The van der Waals surface area contributed by atoms with E-state index in [9.17, 15) is 0 Å².